The van der Waals surface area contributed by atoms with Crippen molar-refractivity contribution in [3.05, 3.63) is 40.9 Å². The number of nitrogens with two attached hydrogens (primary N) is 1. The van der Waals surface area contributed by atoms with Gasteiger partial charge >= 0.3 is 0 Å². The minimum absolute atomic E-state index is 0.0574. The Hall–Kier alpha value is -2.08. The van der Waals surface area contributed by atoms with Crippen LogP contribution >= 0.6 is 11.6 Å². The number of hydrogen-bond donors (Lipinski definition) is 1. The van der Waals surface area contributed by atoms with Crippen LogP contribution in [0.5, 0.6) is 0 Å². The zero-order valence-electron chi connectivity index (χ0n) is 10.4. The van der Waals surface area contributed by atoms with E-state index in [1.54, 1.807) is 14.1 Å². The predicted octanol–water partition coefficient (Wildman–Crippen LogP) is 1.95. The van der Waals surface area contributed by atoms with Gasteiger partial charge in [-0.25, -0.2) is 9.07 Å². The number of nitrogen functional groups attached to an aromatic ring is 1. The van der Waals surface area contributed by atoms with E-state index >= 15 is 0 Å². The zero-order valence-corrected chi connectivity index (χ0v) is 11.1. The van der Waals surface area contributed by atoms with E-state index in [9.17, 15) is 9.18 Å². The lowest BCUT2D eigenvalue weighted by Gasteiger charge is -2.08. The van der Waals surface area contributed by atoms with Gasteiger partial charge in [-0.3, -0.25) is 4.79 Å². The molecule has 0 atom stereocenters. The number of hydrogen-bond acceptors (Lipinski definition) is 3. The molecule has 0 fully saturated rings. The SMILES string of the molecule is CN(C)C(=O)c1ccn(-c2cc(F)c(Cl)cc2N)n1. The molecule has 7 heteroatoms. The van der Waals surface area contributed by atoms with Gasteiger partial charge in [0, 0.05) is 26.4 Å². The molecule has 0 bridgehead atoms. The summed E-state index contributed by atoms with van der Waals surface area (Å²) in [5.41, 5.74) is 6.62. The van der Waals surface area contributed by atoms with Crippen molar-refractivity contribution in [3.8, 4) is 5.69 Å². The Labute approximate surface area is 114 Å². The van der Waals surface area contributed by atoms with E-state index in [0.29, 0.717) is 5.69 Å². The molecule has 0 aliphatic heterocycles. The van der Waals surface area contributed by atoms with Crippen molar-refractivity contribution in [2.75, 3.05) is 19.8 Å². The van der Waals surface area contributed by atoms with Gasteiger partial charge in [-0.15, -0.1) is 0 Å². The number of rotatable bonds is 2. The Bertz CT molecular complexity index is 639. The molecule has 2 rings (SSSR count). The van der Waals surface area contributed by atoms with E-state index in [2.05, 4.69) is 5.10 Å². The fourth-order valence-electron chi connectivity index (χ4n) is 1.55. The number of anilines is 1. The Morgan fingerprint density at radius 2 is 2.16 bits per heavy atom. The second kappa shape index (κ2) is 4.89. The summed E-state index contributed by atoms with van der Waals surface area (Å²) in [6.07, 6.45) is 1.54. The third-order valence-corrected chi connectivity index (χ3v) is 2.82. The summed E-state index contributed by atoms with van der Waals surface area (Å²) in [5.74, 6) is -0.839. The van der Waals surface area contributed by atoms with Gasteiger partial charge in [-0.05, 0) is 12.1 Å². The van der Waals surface area contributed by atoms with Crippen molar-refractivity contribution in [3.63, 3.8) is 0 Å². The number of carbonyl (C=O) groups excluding carboxylic acids is 1. The first-order chi connectivity index (χ1) is 8.90. The maximum absolute atomic E-state index is 13.4. The molecule has 0 spiro atoms. The van der Waals surface area contributed by atoms with Crippen LogP contribution in [0.2, 0.25) is 5.02 Å². The summed E-state index contributed by atoms with van der Waals surface area (Å²) < 4.78 is 14.8. The van der Waals surface area contributed by atoms with Crippen LogP contribution in [0.3, 0.4) is 0 Å². The largest absolute Gasteiger partial charge is 0.397 e. The molecule has 0 radical (unpaired) electrons. The minimum Gasteiger partial charge on any atom is -0.397 e. The number of amides is 1. The Morgan fingerprint density at radius 3 is 2.79 bits per heavy atom. The number of aromatic nitrogens is 2. The van der Waals surface area contributed by atoms with Gasteiger partial charge in [0.25, 0.3) is 5.91 Å². The lowest BCUT2D eigenvalue weighted by Crippen LogP contribution is -2.22. The highest BCUT2D eigenvalue weighted by Crippen LogP contribution is 2.24. The first-order valence-electron chi connectivity index (χ1n) is 5.42. The lowest BCUT2D eigenvalue weighted by atomic mass is 10.2. The summed E-state index contributed by atoms with van der Waals surface area (Å²) in [6.45, 7) is 0. The number of halogens is 2. The lowest BCUT2D eigenvalue weighted by molar-refractivity contribution is 0.0821. The second-order valence-electron chi connectivity index (χ2n) is 4.17. The van der Waals surface area contributed by atoms with E-state index in [-0.39, 0.29) is 22.3 Å². The first kappa shape index (κ1) is 13.4. The number of benzene rings is 1. The highest BCUT2D eigenvalue weighted by atomic mass is 35.5. The van der Waals surface area contributed by atoms with Crippen LogP contribution in [0.25, 0.3) is 5.69 Å². The standard InChI is InChI=1S/C12H12ClFN4O/c1-17(2)12(19)10-3-4-18(16-10)11-6-8(14)7(13)5-9(11)15/h3-6H,15H2,1-2H3. The molecule has 0 aliphatic rings. The molecule has 1 heterocycles. The molecule has 0 saturated carbocycles. The van der Waals surface area contributed by atoms with Gasteiger partial charge in [0.05, 0.1) is 16.4 Å². The fraction of sp³-hybridized carbons (Fsp3) is 0.167. The van der Waals surface area contributed by atoms with Crippen LogP contribution in [0.4, 0.5) is 10.1 Å². The quantitative estimate of drug-likeness (QED) is 0.856. The third-order valence-electron chi connectivity index (χ3n) is 2.53. The molecule has 100 valence electrons. The third kappa shape index (κ3) is 2.53. The van der Waals surface area contributed by atoms with Crippen molar-refractivity contribution >= 4 is 23.2 Å². The van der Waals surface area contributed by atoms with Gasteiger partial charge < -0.3 is 10.6 Å². The van der Waals surface area contributed by atoms with Crippen LogP contribution in [-0.2, 0) is 0 Å². The Kier molecular flexibility index (Phi) is 3.44. The van der Waals surface area contributed by atoms with Gasteiger partial charge in [0.2, 0.25) is 0 Å². The van der Waals surface area contributed by atoms with Crippen LogP contribution in [-0.4, -0.2) is 34.7 Å². The predicted molar refractivity (Wildman–Crippen MR) is 71.0 cm³/mol. The number of nitrogens with zero attached hydrogens (tertiary/aromatic N) is 3. The molecule has 0 saturated heterocycles. The molecule has 2 aromatic rings. The van der Waals surface area contributed by atoms with Crippen LogP contribution < -0.4 is 5.73 Å². The monoisotopic (exact) mass is 282 g/mol. The molecule has 2 N–H and O–H groups in total. The smallest absolute Gasteiger partial charge is 0.273 e. The molecule has 0 unspecified atom stereocenters. The van der Waals surface area contributed by atoms with E-state index in [1.165, 1.54) is 34.0 Å². The van der Waals surface area contributed by atoms with Gasteiger partial charge in [0.1, 0.15) is 5.82 Å². The summed E-state index contributed by atoms with van der Waals surface area (Å²) in [4.78, 5) is 13.1. The van der Waals surface area contributed by atoms with Gasteiger partial charge in [0.15, 0.2) is 5.69 Å². The molecule has 0 aliphatic carbocycles. The molecule has 5 nitrogen and oxygen atoms in total. The van der Waals surface area contributed by atoms with Crippen LogP contribution in [0.1, 0.15) is 10.5 Å². The molecular weight excluding hydrogens is 271 g/mol. The number of carbonyl (C=O) groups is 1. The maximum atomic E-state index is 13.4. The summed E-state index contributed by atoms with van der Waals surface area (Å²) in [5, 5.41) is 4.01. The van der Waals surface area contributed by atoms with E-state index < -0.39 is 5.82 Å². The maximum Gasteiger partial charge on any atom is 0.273 e. The van der Waals surface area contributed by atoms with Crippen LogP contribution in [0.15, 0.2) is 24.4 Å². The summed E-state index contributed by atoms with van der Waals surface area (Å²) in [6, 6.07) is 4.02. The highest BCUT2D eigenvalue weighted by Gasteiger charge is 2.14. The van der Waals surface area contributed by atoms with E-state index in [1.807, 2.05) is 0 Å². The van der Waals surface area contributed by atoms with Crippen molar-refractivity contribution in [1.29, 1.82) is 0 Å². The minimum atomic E-state index is -0.596. The van der Waals surface area contributed by atoms with Gasteiger partial charge in [-0.2, -0.15) is 5.10 Å². The average molecular weight is 283 g/mol. The fourth-order valence-corrected chi connectivity index (χ4v) is 1.72. The molecule has 1 aromatic carbocycles. The Morgan fingerprint density at radius 1 is 1.47 bits per heavy atom. The second-order valence-corrected chi connectivity index (χ2v) is 4.58. The van der Waals surface area contributed by atoms with Crippen LogP contribution in [0, 0.1) is 5.82 Å². The van der Waals surface area contributed by atoms with E-state index in [4.69, 9.17) is 17.3 Å². The van der Waals surface area contributed by atoms with Crippen molar-refractivity contribution in [2.45, 2.75) is 0 Å². The topological polar surface area (TPSA) is 64.2 Å². The summed E-state index contributed by atoms with van der Waals surface area (Å²) >= 11 is 5.63. The molecule has 1 amide bonds. The van der Waals surface area contributed by atoms with Crippen molar-refractivity contribution < 1.29 is 9.18 Å². The molecular formula is C12H12ClFN4O. The molecule has 1 aromatic heterocycles. The van der Waals surface area contributed by atoms with Gasteiger partial charge in [-0.1, -0.05) is 11.6 Å². The highest BCUT2D eigenvalue weighted by molar-refractivity contribution is 6.31. The summed E-state index contributed by atoms with van der Waals surface area (Å²) in [7, 11) is 3.25. The normalized spacial score (nSPS) is 10.5. The van der Waals surface area contributed by atoms with E-state index in [0.717, 1.165) is 0 Å². The van der Waals surface area contributed by atoms with Crippen molar-refractivity contribution in [1.82, 2.24) is 14.7 Å². The molecule has 19 heavy (non-hydrogen) atoms. The first-order valence-corrected chi connectivity index (χ1v) is 5.80. The Balaban J connectivity index is 2.44. The average Bonchev–Trinajstić information content (AvgIpc) is 2.81. The van der Waals surface area contributed by atoms with Crippen molar-refractivity contribution in [2.24, 2.45) is 0 Å². The zero-order chi connectivity index (χ0) is 14.2.